The smallest absolute Gasteiger partial charge is 0.339 e. The van der Waals surface area contributed by atoms with E-state index >= 15 is 0 Å². The Morgan fingerprint density at radius 2 is 1.86 bits per heavy atom. The second kappa shape index (κ2) is 9.02. The number of halogens is 2. The number of rotatable bonds is 6. The molecule has 1 fully saturated rings. The molecule has 0 aliphatic carbocycles. The van der Waals surface area contributed by atoms with Crippen molar-refractivity contribution >= 4 is 43.5 Å². The molecule has 1 amide bonds. The van der Waals surface area contributed by atoms with Gasteiger partial charge in [0.1, 0.15) is 5.82 Å². The summed E-state index contributed by atoms with van der Waals surface area (Å²) in [5.74, 6) is -2.13. The number of benzene rings is 2. The van der Waals surface area contributed by atoms with Gasteiger partial charge in [0.25, 0.3) is 5.91 Å². The fourth-order valence-corrected chi connectivity index (χ4v) is 4.84. The van der Waals surface area contributed by atoms with E-state index in [4.69, 9.17) is 4.74 Å². The molecule has 1 saturated heterocycles. The number of carbonyl (C=O) groups is 2. The van der Waals surface area contributed by atoms with E-state index in [0.29, 0.717) is 17.6 Å². The van der Waals surface area contributed by atoms with Crippen molar-refractivity contribution < 1.29 is 27.1 Å². The number of nitrogens with one attached hydrogen (secondary N) is 1. The standard InChI is InChI=1S/C19H18BrFN2O5S/c20-17-7-6-13(21)10-16(17)19(25)28-12-18(24)22-14-4-3-5-15(11-14)29(26,27)23-8-1-2-9-23/h3-7,10-11H,1-2,8-9,12H2,(H,22,24). The molecule has 1 N–H and O–H groups in total. The maximum atomic E-state index is 13.3. The van der Waals surface area contributed by atoms with E-state index in [9.17, 15) is 22.4 Å². The van der Waals surface area contributed by atoms with Crippen LogP contribution >= 0.6 is 15.9 Å². The normalized spacial score (nSPS) is 14.6. The van der Waals surface area contributed by atoms with Crippen molar-refractivity contribution in [3.63, 3.8) is 0 Å². The van der Waals surface area contributed by atoms with E-state index in [-0.39, 0.29) is 16.1 Å². The highest BCUT2D eigenvalue weighted by Gasteiger charge is 2.27. The Morgan fingerprint density at radius 1 is 1.14 bits per heavy atom. The first kappa shape index (κ1) is 21.4. The van der Waals surface area contributed by atoms with Crippen LogP contribution in [-0.2, 0) is 19.6 Å². The summed E-state index contributed by atoms with van der Waals surface area (Å²) in [6.07, 6.45) is 1.64. The topological polar surface area (TPSA) is 92.8 Å². The van der Waals surface area contributed by atoms with Crippen LogP contribution in [0.2, 0.25) is 0 Å². The molecule has 154 valence electrons. The molecule has 0 bridgehead atoms. The molecule has 10 heteroatoms. The summed E-state index contributed by atoms with van der Waals surface area (Å²) >= 11 is 3.12. The highest BCUT2D eigenvalue weighted by molar-refractivity contribution is 9.10. The number of nitrogens with zero attached hydrogens (tertiary/aromatic N) is 1. The molecule has 29 heavy (non-hydrogen) atoms. The first-order valence-electron chi connectivity index (χ1n) is 8.79. The summed E-state index contributed by atoms with van der Waals surface area (Å²) in [5, 5.41) is 2.49. The lowest BCUT2D eigenvalue weighted by molar-refractivity contribution is -0.119. The molecular formula is C19H18BrFN2O5S. The van der Waals surface area contributed by atoms with Gasteiger partial charge in [-0.25, -0.2) is 17.6 Å². The Labute approximate surface area is 176 Å². The number of carbonyl (C=O) groups excluding carboxylic acids is 2. The average Bonchev–Trinajstić information content (AvgIpc) is 3.24. The monoisotopic (exact) mass is 484 g/mol. The van der Waals surface area contributed by atoms with Crippen molar-refractivity contribution in [3.05, 3.63) is 58.3 Å². The van der Waals surface area contributed by atoms with Crippen LogP contribution in [0.3, 0.4) is 0 Å². The van der Waals surface area contributed by atoms with Gasteiger partial charge in [-0.1, -0.05) is 6.07 Å². The van der Waals surface area contributed by atoms with Crippen LogP contribution in [0.25, 0.3) is 0 Å². The van der Waals surface area contributed by atoms with Crippen molar-refractivity contribution in [3.8, 4) is 0 Å². The van der Waals surface area contributed by atoms with E-state index in [0.717, 1.165) is 18.9 Å². The molecule has 1 aliphatic heterocycles. The van der Waals surface area contributed by atoms with Gasteiger partial charge in [-0.15, -0.1) is 0 Å². The average molecular weight is 485 g/mol. The van der Waals surface area contributed by atoms with E-state index < -0.39 is 34.3 Å². The zero-order chi connectivity index (χ0) is 21.0. The van der Waals surface area contributed by atoms with Gasteiger partial charge in [-0.2, -0.15) is 4.31 Å². The highest BCUT2D eigenvalue weighted by atomic mass is 79.9. The third-order valence-electron chi connectivity index (χ3n) is 4.30. The van der Waals surface area contributed by atoms with Crippen LogP contribution in [0.4, 0.5) is 10.1 Å². The minimum Gasteiger partial charge on any atom is -0.452 e. The van der Waals surface area contributed by atoms with Gasteiger partial charge in [0.15, 0.2) is 6.61 Å². The second-order valence-corrected chi connectivity index (χ2v) is 9.18. The first-order valence-corrected chi connectivity index (χ1v) is 11.0. The molecule has 0 saturated carbocycles. The van der Waals surface area contributed by atoms with Crippen molar-refractivity contribution in [1.82, 2.24) is 4.31 Å². The third-order valence-corrected chi connectivity index (χ3v) is 6.89. The molecule has 0 radical (unpaired) electrons. The number of amides is 1. The van der Waals surface area contributed by atoms with Crippen LogP contribution in [0.1, 0.15) is 23.2 Å². The zero-order valence-electron chi connectivity index (χ0n) is 15.2. The molecule has 0 aromatic heterocycles. The van der Waals surface area contributed by atoms with Gasteiger partial charge >= 0.3 is 5.97 Å². The Balaban J connectivity index is 1.62. The van der Waals surface area contributed by atoms with Crippen molar-refractivity contribution in [2.75, 3.05) is 25.0 Å². The van der Waals surface area contributed by atoms with E-state index in [1.54, 1.807) is 0 Å². The predicted molar refractivity (Wildman–Crippen MR) is 107 cm³/mol. The van der Waals surface area contributed by atoms with Gasteiger partial charge < -0.3 is 10.1 Å². The lowest BCUT2D eigenvalue weighted by atomic mass is 10.2. The Hall–Kier alpha value is -2.30. The molecule has 2 aromatic rings. The van der Waals surface area contributed by atoms with E-state index in [2.05, 4.69) is 21.2 Å². The second-order valence-electron chi connectivity index (χ2n) is 6.39. The van der Waals surface area contributed by atoms with Crippen LogP contribution in [0.15, 0.2) is 51.8 Å². The Bertz CT molecular complexity index is 1040. The molecule has 1 heterocycles. The fourth-order valence-electron chi connectivity index (χ4n) is 2.87. The maximum absolute atomic E-state index is 13.3. The van der Waals surface area contributed by atoms with Gasteiger partial charge in [-0.3, -0.25) is 4.79 Å². The Morgan fingerprint density at radius 3 is 2.59 bits per heavy atom. The van der Waals surface area contributed by atoms with Crippen molar-refractivity contribution in [1.29, 1.82) is 0 Å². The summed E-state index contributed by atoms with van der Waals surface area (Å²) in [4.78, 5) is 24.2. The summed E-state index contributed by atoms with van der Waals surface area (Å²) in [6, 6.07) is 9.41. The Kier molecular flexibility index (Phi) is 6.66. The number of hydrogen-bond acceptors (Lipinski definition) is 5. The van der Waals surface area contributed by atoms with Crippen molar-refractivity contribution in [2.24, 2.45) is 0 Å². The number of hydrogen-bond donors (Lipinski definition) is 1. The highest BCUT2D eigenvalue weighted by Crippen LogP contribution is 2.23. The zero-order valence-corrected chi connectivity index (χ0v) is 17.6. The minimum atomic E-state index is -3.61. The molecule has 3 rings (SSSR count). The fraction of sp³-hybridized carbons (Fsp3) is 0.263. The first-order chi connectivity index (χ1) is 13.8. The van der Waals surface area contributed by atoms with Crippen LogP contribution in [-0.4, -0.2) is 44.3 Å². The van der Waals surface area contributed by atoms with E-state index in [1.165, 1.54) is 40.7 Å². The molecule has 0 unspecified atom stereocenters. The molecule has 2 aromatic carbocycles. The third kappa shape index (κ3) is 5.20. The summed E-state index contributed by atoms with van der Waals surface area (Å²) in [7, 11) is -3.61. The van der Waals surface area contributed by atoms with Gasteiger partial charge in [-0.05, 0) is 65.2 Å². The number of esters is 1. The molecule has 7 nitrogen and oxygen atoms in total. The molecule has 0 spiro atoms. The molecule has 1 aliphatic rings. The summed E-state index contributed by atoms with van der Waals surface area (Å²) in [6.45, 7) is 0.347. The van der Waals surface area contributed by atoms with Gasteiger partial charge in [0.05, 0.1) is 10.5 Å². The quantitative estimate of drug-likeness (QED) is 0.635. The SMILES string of the molecule is O=C(COC(=O)c1cc(F)ccc1Br)Nc1cccc(S(=O)(=O)N2CCCC2)c1. The number of ether oxygens (including phenoxy) is 1. The van der Waals surface area contributed by atoms with Crippen molar-refractivity contribution in [2.45, 2.75) is 17.7 Å². The van der Waals surface area contributed by atoms with Crippen LogP contribution in [0, 0.1) is 5.82 Å². The molecular weight excluding hydrogens is 467 g/mol. The minimum absolute atomic E-state index is 0.0449. The number of anilines is 1. The summed E-state index contributed by atoms with van der Waals surface area (Å²) in [5.41, 5.74) is 0.217. The summed E-state index contributed by atoms with van der Waals surface area (Å²) < 4.78 is 45.2. The molecule has 0 atom stereocenters. The van der Waals surface area contributed by atoms with Crippen LogP contribution < -0.4 is 5.32 Å². The number of sulfonamides is 1. The lowest BCUT2D eigenvalue weighted by Gasteiger charge is -2.16. The van der Waals surface area contributed by atoms with Gasteiger partial charge in [0, 0.05) is 23.2 Å². The van der Waals surface area contributed by atoms with Gasteiger partial charge in [0.2, 0.25) is 10.0 Å². The van der Waals surface area contributed by atoms with E-state index in [1.807, 2.05) is 0 Å². The predicted octanol–water partition coefficient (Wildman–Crippen LogP) is 3.17. The van der Waals surface area contributed by atoms with Crippen LogP contribution in [0.5, 0.6) is 0 Å². The lowest BCUT2D eigenvalue weighted by Crippen LogP contribution is -2.28. The largest absolute Gasteiger partial charge is 0.452 e. The maximum Gasteiger partial charge on any atom is 0.339 e.